The van der Waals surface area contributed by atoms with E-state index in [1.807, 2.05) is 0 Å². The zero-order valence-electron chi connectivity index (χ0n) is 12.3. The fraction of sp³-hybridized carbons (Fsp3) is 0.0588. The molecule has 0 aliphatic carbocycles. The predicted molar refractivity (Wildman–Crippen MR) is 95.2 cm³/mol. The van der Waals surface area contributed by atoms with Crippen LogP contribution >= 0.6 is 34.5 Å². The van der Waals surface area contributed by atoms with Crippen molar-refractivity contribution in [1.29, 1.82) is 0 Å². The Kier molecular flexibility index (Phi) is 4.76. The number of hydrogen-bond donors (Lipinski definition) is 0. The molecule has 0 radical (unpaired) electrons. The van der Waals surface area contributed by atoms with E-state index in [4.69, 9.17) is 32.7 Å². The summed E-state index contributed by atoms with van der Waals surface area (Å²) in [5.41, 5.74) is 0.418. The number of rotatable bonds is 4. The molecule has 0 amide bonds. The molecule has 4 nitrogen and oxygen atoms in total. The quantitative estimate of drug-likeness (QED) is 0.352. The van der Waals surface area contributed by atoms with Crippen molar-refractivity contribution in [2.75, 3.05) is 7.11 Å². The third-order valence-electron chi connectivity index (χ3n) is 3.30. The number of halogens is 2. The summed E-state index contributed by atoms with van der Waals surface area (Å²) in [6, 6.07) is 9.72. The SMILES string of the molecule is COc1cc(C=O)ccc1OC(=O)c1sc2cc(Cl)ccc2c1Cl. The molecule has 3 rings (SSSR count). The smallest absolute Gasteiger partial charge is 0.355 e. The third kappa shape index (κ3) is 3.11. The average Bonchev–Trinajstić information content (AvgIpc) is 2.91. The van der Waals surface area contributed by atoms with Gasteiger partial charge >= 0.3 is 5.97 Å². The van der Waals surface area contributed by atoms with E-state index in [0.717, 1.165) is 10.1 Å². The third-order valence-corrected chi connectivity index (χ3v) is 5.18. The molecule has 0 fully saturated rings. The highest BCUT2D eigenvalue weighted by Crippen LogP contribution is 2.38. The fourth-order valence-electron chi connectivity index (χ4n) is 2.16. The van der Waals surface area contributed by atoms with Crippen molar-refractivity contribution in [3.05, 3.63) is 56.9 Å². The van der Waals surface area contributed by atoms with Gasteiger partial charge < -0.3 is 9.47 Å². The number of carbonyl (C=O) groups excluding carboxylic acids is 2. The molecule has 0 unspecified atom stereocenters. The summed E-state index contributed by atoms with van der Waals surface area (Å²) in [6.07, 6.45) is 0.681. The van der Waals surface area contributed by atoms with Gasteiger partial charge in [0.05, 0.1) is 12.1 Å². The van der Waals surface area contributed by atoms with Gasteiger partial charge in [0.1, 0.15) is 11.2 Å². The lowest BCUT2D eigenvalue weighted by Crippen LogP contribution is -2.08. The van der Waals surface area contributed by atoms with Crippen LogP contribution in [0.2, 0.25) is 10.0 Å². The van der Waals surface area contributed by atoms with Crippen LogP contribution in [0.5, 0.6) is 11.5 Å². The van der Waals surface area contributed by atoms with Gasteiger partial charge in [0.15, 0.2) is 11.5 Å². The van der Waals surface area contributed by atoms with Gasteiger partial charge in [-0.2, -0.15) is 0 Å². The average molecular weight is 381 g/mol. The standard InChI is InChI=1S/C17H10Cl2O4S/c1-22-13-6-9(8-20)2-5-12(13)23-17(21)16-15(19)11-4-3-10(18)7-14(11)24-16/h2-8H,1H3. The van der Waals surface area contributed by atoms with Gasteiger partial charge in [-0.1, -0.05) is 29.3 Å². The maximum Gasteiger partial charge on any atom is 0.355 e. The Balaban J connectivity index is 1.96. The molecule has 0 saturated heterocycles. The topological polar surface area (TPSA) is 52.6 Å². The first kappa shape index (κ1) is 16.8. The zero-order valence-corrected chi connectivity index (χ0v) is 14.7. The summed E-state index contributed by atoms with van der Waals surface area (Å²) in [6.45, 7) is 0. The molecule has 0 N–H and O–H groups in total. The van der Waals surface area contributed by atoms with Crippen molar-refractivity contribution in [1.82, 2.24) is 0 Å². The molecule has 0 saturated carbocycles. The van der Waals surface area contributed by atoms with E-state index >= 15 is 0 Å². The maximum atomic E-state index is 12.5. The van der Waals surface area contributed by atoms with E-state index in [9.17, 15) is 9.59 Å². The van der Waals surface area contributed by atoms with E-state index in [-0.39, 0.29) is 16.4 Å². The van der Waals surface area contributed by atoms with Crippen LogP contribution in [0, 0.1) is 0 Å². The normalized spacial score (nSPS) is 10.6. The van der Waals surface area contributed by atoms with Crippen LogP contribution in [0.3, 0.4) is 0 Å². The maximum absolute atomic E-state index is 12.5. The summed E-state index contributed by atoms with van der Waals surface area (Å²) in [7, 11) is 1.43. The Hall–Kier alpha value is -2.08. The lowest BCUT2D eigenvalue weighted by molar-refractivity contribution is 0.0735. The molecule has 24 heavy (non-hydrogen) atoms. The Morgan fingerprint density at radius 1 is 1.12 bits per heavy atom. The van der Waals surface area contributed by atoms with Crippen LogP contribution in [0.25, 0.3) is 10.1 Å². The number of hydrogen-bond acceptors (Lipinski definition) is 5. The van der Waals surface area contributed by atoms with Crippen molar-refractivity contribution < 1.29 is 19.1 Å². The number of aldehydes is 1. The monoisotopic (exact) mass is 380 g/mol. The van der Waals surface area contributed by atoms with Gasteiger partial charge in [0, 0.05) is 20.7 Å². The molecule has 2 aromatic carbocycles. The molecular weight excluding hydrogens is 371 g/mol. The van der Waals surface area contributed by atoms with Crippen molar-refractivity contribution in [3.63, 3.8) is 0 Å². The van der Waals surface area contributed by atoms with E-state index in [2.05, 4.69) is 0 Å². The van der Waals surface area contributed by atoms with Gasteiger partial charge in [0.2, 0.25) is 0 Å². The number of carbonyl (C=O) groups is 2. The van der Waals surface area contributed by atoms with Gasteiger partial charge in [-0.3, -0.25) is 4.79 Å². The van der Waals surface area contributed by atoms with Crippen LogP contribution in [-0.2, 0) is 0 Å². The molecule has 1 heterocycles. The highest BCUT2D eigenvalue weighted by Gasteiger charge is 2.20. The van der Waals surface area contributed by atoms with E-state index in [1.165, 1.54) is 36.6 Å². The Labute approximate surface area is 151 Å². The summed E-state index contributed by atoms with van der Waals surface area (Å²) >= 11 is 13.4. The molecule has 0 atom stereocenters. The minimum atomic E-state index is -0.602. The highest BCUT2D eigenvalue weighted by molar-refractivity contribution is 7.21. The van der Waals surface area contributed by atoms with Crippen LogP contribution < -0.4 is 9.47 Å². The van der Waals surface area contributed by atoms with Crippen LogP contribution in [0.15, 0.2) is 36.4 Å². The van der Waals surface area contributed by atoms with Crippen LogP contribution in [0.4, 0.5) is 0 Å². The molecule has 0 spiro atoms. The highest BCUT2D eigenvalue weighted by atomic mass is 35.5. The summed E-state index contributed by atoms with van der Waals surface area (Å²) < 4.78 is 11.3. The van der Waals surface area contributed by atoms with Crippen LogP contribution in [0.1, 0.15) is 20.0 Å². The lowest BCUT2D eigenvalue weighted by atomic mass is 10.2. The Morgan fingerprint density at radius 2 is 1.92 bits per heavy atom. The van der Waals surface area contributed by atoms with E-state index in [0.29, 0.717) is 21.9 Å². The molecule has 0 aliphatic rings. The minimum absolute atomic E-state index is 0.208. The second kappa shape index (κ2) is 6.81. The number of ether oxygens (including phenoxy) is 2. The fourth-order valence-corrected chi connectivity index (χ4v) is 3.82. The predicted octanol–water partition coefficient (Wildman–Crippen LogP) is 5.25. The number of methoxy groups -OCH3 is 1. The molecule has 0 bridgehead atoms. The molecule has 0 aliphatic heterocycles. The summed E-state index contributed by atoms with van der Waals surface area (Å²) in [5, 5.41) is 1.62. The summed E-state index contributed by atoms with van der Waals surface area (Å²) in [5.74, 6) is -0.109. The van der Waals surface area contributed by atoms with Gasteiger partial charge in [0.25, 0.3) is 0 Å². The lowest BCUT2D eigenvalue weighted by Gasteiger charge is -2.09. The van der Waals surface area contributed by atoms with E-state index in [1.54, 1.807) is 18.2 Å². The molecule has 7 heteroatoms. The van der Waals surface area contributed by atoms with Gasteiger partial charge in [-0.15, -0.1) is 11.3 Å². The number of thiophene rings is 1. The second-order valence-corrected chi connectivity index (χ2v) is 6.67. The Bertz CT molecular complexity index is 949. The zero-order chi connectivity index (χ0) is 17.3. The first-order valence-electron chi connectivity index (χ1n) is 6.76. The Morgan fingerprint density at radius 3 is 2.62 bits per heavy atom. The first-order valence-corrected chi connectivity index (χ1v) is 8.33. The number of fused-ring (bicyclic) bond motifs is 1. The minimum Gasteiger partial charge on any atom is -0.493 e. The van der Waals surface area contributed by atoms with Crippen molar-refractivity contribution in [2.45, 2.75) is 0 Å². The van der Waals surface area contributed by atoms with Gasteiger partial charge in [-0.05, 0) is 30.3 Å². The van der Waals surface area contributed by atoms with Gasteiger partial charge in [-0.25, -0.2) is 4.79 Å². The molecule has 1 aromatic heterocycles. The molecule has 122 valence electrons. The molecule has 3 aromatic rings. The number of esters is 1. The largest absolute Gasteiger partial charge is 0.493 e. The van der Waals surface area contributed by atoms with Crippen molar-refractivity contribution in [3.8, 4) is 11.5 Å². The molecular formula is C17H10Cl2O4S. The van der Waals surface area contributed by atoms with Crippen LogP contribution in [-0.4, -0.2) is 19.4 Å². The first-order chi connectivity index (χ1) is 11.5. The summed E-state index contributed by atoms with van der Waals surface area (Å²) in [4.78, 5) is 23.5. The van der Waals surface area contributed by atoms with Crippen molar-refractivity contribution in [2.24, 2.45) is 0 Å². The van der Waals surface area contributed by atoms with E-state index < -0.39 is 5.97 Å². The van der Waals surface area contributed by atoms with Crippen molar-refractivity contribution >= 4 is 56.9 Å². The number of benzene rings is 2. The second-order valence-electron chi connectivity index (χ2n) is 4.80.